The van der Waals surface area contributed by atoms with Crippen molar-refractivity contribution in [3.63, 3.8) is 0 Å². The van der Waals surface area contributed by atoms with Crippen molar-refractivity contribution in [2.24, 2.45) is 0 Å². The topological polar surface area (TPSA) is 58.6 Å². The molecule has 0 atom stereocenters. The van der Waals surface area contributed by atoms with E-state index >= 15 is 0 Å². The van der Waals surface area contributed by atoms with E-state index in [2.05, 4.69) is 30.9 Å². The molecular formula is C12H8BrN3OS3. The van der Waals surface area contributed by atoms with E-state index in [-0.39, 0.29) is 5.56 Å². The first-order valence-electron chi connectivity index (χ1n) is 5.96. The Kier molecular flexibility index (Phi) is 3.21. The summed E-state index contributed by atoms with van der Waals surface area (Å²) in [7, 11) is 0. The molecular weight excluding hydrogens is 378 g/mol. The molecule has 4 rings (SSSR count). The molecule has 1 aliphatic heterocycles. The van der Waals surface area contributed by atoms with E-state index in [1.54, 1.807) is 17.5 Å². The first kappa shape index (κ1) is 13.0. The van der Waals surface area contributed by atoms with E-state index in [0.29, 0.717) is 5.82 Å². The lowest BCUT2D eigenvalue weighted by Gasteiger charge is -2.09. The first-order chi connectivity index (χ1) is 9.72. The number of nitrogens with zero attached hydrogens (tertiary/aromatic N) is 2. The molecule has 8 heteroatoms. The fraction of sp³-hybridized carbons (Fsp3) is 0.250. The highest BCUT2D eigenvalue weighted by atomic mass is 79.9. The number of halogens is 1. The zero-order chi connectivity index (χ0) is 13.7. The van der Waals surface area contributed by atoms with Crippen LogP contribution in [0, 0.1) is 0 Å². The average Bonchev–Trinajstić information content (AvgIpc) is 3.01. The van der Waals surface area contributed by atoms with Crippen molar-refractivity contribution in [2.45, 2.75) is 12.2 Å². The number of aromatic nitrogens is 3. The minimum absolute atomic E-state index is 0.0410. The van der Waals surface area contributed by atoms with Crippen LogP contribution < -0.4 is 5.56 Å². The van der Waals surface area contributed by atoms with E-state index in [1.165, 1.54) is 21.8 Å². The van der Waals surface area contributed by atoms with Gasteiger partial charge in [0.25, 0.3) is 5.56 Å². The van der Waals surface area contributed by atoms with Crippen molar-refractivity contribution in [1.29, 1.82) is 0 Å². The number of hydrogen-bond donors (Lipinski definition) is 1. The summed E-state index contributed by atoms with van der Waals surface area (Å²) in [5.74, 6) is 2.64. The van der Waals surface area contributed by atoms with Gasteiger partial charge in [0.2, 0.25) is 0 Å². The molecule has 0 unspecified atom stereocenters. The molecule has 0 amide bonds. The van der Waals surface area contributed by atoms with Gasteiger partial charge in [-0.25, -0.2) is 9.97 Å². The normalized spacial score (nSPS) is 14.7. The van der Waals surface area contributed by atoms with E-state index < -0.39 is 0 Å². The van der Waals surface area contributed by atoms with Gasteiger partial charge in [0, 0.05) is 10.6 Å². The van der Waals surface area contributed by atoms with Gasteiger partial charge >= 0.3 is 0 Å². The Bertz CT molecular complexity index is 867. The molecule has 102 valence electrons. The lowest BCUT2D eigenvalue weighted by atomic mass is 10.1. The van der Waals surface area contributed by atoms with E-state index in [9.17, 15) is 4.79 Å². The number of thioether (sulfide) groups is 1. The summed E-state index contributed by atoms with van der Waals surface area (Å²) in [6.45, 7) is 0. The lowest BCUT2D eigenvalue weighted by Crippen LogP contribution is -2.11. The summed E-state index contributed by atoms with van der Waals surface area (Å²) in [5.41, 5.74) is 1.16. The van der Waals surface area contributed by atoms with Crippen LogP contribution in [0.4, 0.5) is 0 Å². The number of fused-ring (bicyclic) bond motifs is 3. The zero-order valence-electron chi connectivity index (χ0n) is 10.1. The molecule has 1 aliphatic rings. The van der Waals surface area contributed by atoms with Gasteiger partial charge in [0.15, 0.2) is 10.8 Å². The van der Waals surface area contributed by atoms with Crippen LogP contribution in [0.2, 0.25) is 0 Å². The summed E-state index contributed by atoms with van der Waals surface area (Å²) >= 11 is 8.41. The molecule has 0 fully saturated rings. The van der Waals surface area contributed by atoms with E-state index in [4.69, 9.17) is 0 Å². The maximum Gasteiger partial charge on any atom is 0.260 e. The van der Waals surface area contributed by atoms with Crippen molar-refractivity contribution in [3.05, 3.63) is 30.8 Å². The Morgan fingerprint density at radius 1 is 1.35 bits per heavy atom. The number of thiazole rings is 1. The monoisotopic (exact) mass is 385 g/mol. The molecule has 0 radical (unpaired) electrons. The standard InChI is InChI=1S/C12H8BrN3OS3/c13-7-3-14-12(20-7)9-15-10(17)8-5-1-2-18-4-6(5)19-11(8)16-9/h3H,1-2,4H2,(H,15,16,17). The van der Waals surface area contributed by atoms with Crippen molar-refractivity contribution in [1.82, 2.24) is 15.0 Å². The second-order valence-corrected chi connectivity index (χ2v) is 8.97. The molecule has 20 heavy (non-hydrogen) atoms. The van der Waals surface area contributed by atoms with E-state index in [0.717, 1.165) is 36.9 Å². The number of aromatic amines is 1. The Labute approximate surface area is 134 Å². The summed E-state index contributed by atoms with van der Waals surface area (Å²) < 4.78 is 0.928. The van der Waals surface area contributed by atoms with Gasteiger partial charge in [0.05, 0.1) is 15.4 Å². The van der Waals surface area contributed by atoms with Gasteiger partial charge in [-0.3, -0.25) is 4.79 Å². The molecule has 0 aliphatic carbocycles. The molecule has 0 saturated heterocycles. The number of thiophene rings is 1. The minimum atomic E-state index is -0.0410. The van der Waals surface area contributed by atoms with Crippen LogP contribution in [0.25, 0.3) is 21.0 Å². The molecule has 3 aromatic heterocycles. The zero-order valence-corrected chi connectivity index (χ0v) is 14.1. The van der Waals surface area contributed by atoms with Crippen LogP contribution in [0.3, 0.4) is 0 Å². The van der Waals surface area contributed by atoms with Crippen molar-refractivity contribution < 1.29 is 0 Å². The van der Waals surface area contributed by atoms with E-state index in [1.807, 2.05) is 11.8 Å². The van der Waals surface area contributed by atoms with Crippen LogP contribution in [0.5, 0.6) is 0 Å². The maximum atomic E-state index is 12.4. The van der Waals surface area contributed by atoms with Crippen LogP contribution >= 0.6 is 50.4 Å². The third kappa shape index (κ3) is 2.05. The molecule has 0 saturated carbocycles. The summed E-state index contributed by atoms with van der Waals surface area (Å²) in [6.07, 6.45) is 2.69. The summed E-state index contributed by atoms with van der Waals surface area (Å²) in [5, 5.41) is 1.52. The smallest absolute Gasteiger partial charge is 0.260 e. The third-order valence-electron chi connectivity index (χ3n) is 3.15. The second-order valence-electron chi connectivity index (χ2n) is 4.37. The predicted molar refractivity (Wildman–Crippen MR) is 88.9 cm³/mol. The predicted octanol–water partition coefficient (Wildman–Crippen LogP) is 3.66. The number of aryl methyl sites for hydroxylation is 1. The van der Waals surface area contributed by atoms with Gasteiger partial charge < -0.3 is 4.98 Å². The number of hydrogen-bond acceptors (Lipinski definition) is 6. The molecule has 3 aromatic rings. The highest BCUT2D eigenvalue weighted by Crippen LogP contribution is 2.36. The fourth-order valence-corrected chi connectivity index (χ4v) is 5.80. The Morgan fingerprint density at radius 2 is 2.25 bits per heavy atom. The Morgan fingerprint density at radius 3 is 3.05 bits per heavy atom. The highest BCUT2D eigenvalue weighted by molar-refractivity contribution is 9.11. The maximum absolute atomic E-state index is 12.4. The van der Waals surface area contributed by atoms with Gasteiger partial charge in [0.1, 0.15) is 4.83 Å². The molecule has 0 aromatic carbocycles. The van der Waals surface area contributed by atoms with Crippen LogP contribution in [-0.2, 0) is 12.2 Å². The van der Waals surface area contributed by atoms with Gasteiger partial charge in [-0.1, -0.05) is 0 Å². The molecule has 0 spiro atoms. The Hall–Kier alpha value is -0.700. The SMILES string of the molecule is O=c1[nH]c(-c2ncc(Br)s2)nc2sc3c(c12)CCSC3. The minimum Gasteiger partial charge on any atom is -0.304 e. The lowest BCUT2D eigenvalue weighted by molar-refractivity contribution is 1.11. The molecule has 0 bridgehead atoms. The van der Waals surface area contributed by atoms with Gasteiger partial charge in [-0.05, 0) is 33.7 Å². The van der Waals surface area contributed by atoms with Gasteiger partial charge in [-0.15, -0.1) is 22.7 Å². The largest absolute Gasteiger partial charge is 0.304 e. The highest BCUT2D eigenvalue weighted by Gasteiger charge is 2.20. The summed E-state index contributed by atoms with van der Waals surface area (Å²) in [6, 6.07) is 0. The van der Waals surface area contributed by atoms with Crippen LogP contribution in [0.1, 0.15) is 10.4 Å². The molecule has 4 nitrogen and oxygen atoms in total. The average molecular weight is 386 g/mol. The third-order valence-corrected chi connectivity index (χ3v) is 6.93. The van der Waals surface area contributed by atoms with Crippen molar-refractivity contribution in [2.75, 3.05) is 5.75 Å². The summed E-state index contributed by atoms with van der Waals surface area (Å²) in [4.78, 5) is 26.3. The van der Waals surface area contributed by atoms with Gasteiger partial charge in [-0.2, -0.15) is 11.8 Å². The molecule has 1 N–H and O–H groups in total. The first-order valence-corrected chi connectivity index (χ1v) is 9.54. The number of nitrogens with one attached hydrogen (secondary N) is 1. The second kappa shape index (κ2) is 4.94. The quantitative estimate of drug-likeness (QED) is 0.694. The fourth-order valence-electron chi connectivity index (χ4n) is 2.30. The van der Waals surface area contributed by atoms with Crippen molar-refractivity contribution >= 4 is 60.6 Å². The molecule has 4 heterocycles. The van der Waals surface area contributed by atoms with Crippen LogP contribution in [-0.4, -0.2) is 20.7 Å². The van der Waals surface area contributed by atoms with Crippen molar-refractivity contribution in [3.8, 4) is 10.8 Å². The number of rotatable bonds is 1. The Balaban J connectivity index is 1.97. The van der Waals surface area contributed by atoms with Crippen LogP contribution in [0.15, 0.2) is 14.8 Å². The number of H-pyrrole nitrogens is 1.